The van der Waals surface area contributed by atoms with Gasteiger partial charge in [0.15, 0.2) is 0 Å². The lowest BCUT2D eigenvalue weighted by Crippen LogP contribution is -2.04. The van der Waals surface area contributed by atoms with E-state index in [1.807, 2.05) is 0 Å². The van der Waals surface area contributed by atoms with Gasteiger partial charge in [0.2, 0.25) is 5.28 Å². The van der Waals surface area contributed by atoms with Crippen LogP contribution in [0, 0.1) is 5.82 Å². The van der Waals surface area contributed by atoms with Gasteiger partial charge in [-0.15, -0.1) is 0 Å². The van der Waals surface area contributed by atoms with Crippen molar-refractivity contribution < 1.29 is 13.9 Å². The van der Waals surface area contributed by atoms with Crippen LogP contribution in [-0.2, 0) is 0 Å². The zero-order valence-corrected chi connectivity index (χ0v) is 11.4. The minimum absolute atomic E-state index is 0.00136. The van der Waals surface area contributed by atoms with Crippen LogP contribution in [0.1, 0.15) is 17.2 Å². The maximum absolute atomic E-state index is 13.6. The molecule has 0 fully saturated rings. The summed E-state index contributed by atoms with van der Waals surface area (Å²) in [5, 5.41) is 10.9. The smallest absolute Gasteiger partial charge is 0.223 e. The van der Waals surface area contributed by atoms with Gasteiger partial charge in [-0.2, -0.15) is 0 Å². The monoisotopic (exact) mass is 312 g/mol. The second-order valence-corrected chi connectivity index (χ2v) is 4.82. The number of rotatable bonds is 2. The Balaban J connectivity index is 2.16. The van der Waals surface area contributed by atoms with Crippen LogP contribution < -0.4 is 0 Å². The van der Waals surface area contributed by atoms with E-state index in [9.17, 15) is 9.50 Å². The molecule has 20 heavy (non-hydrogen) atoms. The normalized spacial score (nSPS) is 12.8. The summed E-state index contributed by atoms with van der Waals surface area (Å²) in [5.41, 5.74) is 0.849. The van der Waals surface area contributed by atoms with Crippen LogP contribution in [0.3, 0.4) is 0 Å². The van der Waals surface area contributed by atoms with Crippen LogP contribution in [0.4, 0.5) is 4.39 Å². The average Bonchev–Trinajstić information content (AvgIpc) is 2.85. The summed E-state index contributed by atoms with van der Waals surface area (Å²) in [6.07, 6.45) is 1.49. The molecule has 0 amide bonds. The predicted octanol–water partition coefficient (Wildman–Crippen LogP) is 3.75. The van der Waals surface area contributed by atoms with E-state index in [-0.39, 0.29) is 21.6 Å². The molecule has 3 aromatic rings. The Hall–Kier alpha value is -1.69. The number of furan rings is 1. The molecule has 0 aliphatic carbocycles. The molecule has 0 aliphatic rings. The van der Waals surface area contributed by atoms with E-state index in [0.29, 0.717) is 11.0 Å². The van der Waals surface area contributed by atoms with Crippen LogP contribution in [0.5, 0.6) is 0 Å². The van der Waals surface area contributed by atoms with Crippen molar-refractivity contribution >= 4 is 34.2 Å². The van der Waals surface area contributed by atoms with Gasteiger partial charge in [-0.3, -0.25) is 0 Å². The number of aliphatic hydroxyl groups excluding tert-OH is 1. The molecular formula is C13H7Cl2FN2O2. The van der Waals surface area contributed by atoms with Crippen molar-refractivity contribution in [1.82, 2.24) is 9.97 Å². The van der Waals surface area contributed by atoms with E-state index in [1.165, 1.54) is 24.6 Å². The van der Waals surface area contributed by atoms with Gasteiger partial charge < -0.3 is 9.52 Å². The lowest BCUT2D eigenvalue weighted by atomic mass is 10.0. The van der Waals surface area contributed by atoms with Gasteiger partial charge >= 0.3 is 0 Å². The molecule has 0 spiro atoms. The number of hydrogen-bond acceptors (Lipinski definition) is 4. The molecule has 1 N–H and O–H groups in total. The average molecular weight is 313 g/mol. The summed E-state index contributed by atoms with van der Waals surface area (Å²) in [6, 6.07) is 4.10. The van der Waals surface area contributed by atoms with E-state index in [4.69, 9.17) is 27.6 Å². The summed E-state index contributed by atoms with van der Waals surface area (Å²) < 4.78 is 18.9. The first-order valence-corrected chi connectivity index (χ1v) is 6.34. The van der Waals surface area contributed by atoms with Gasteiger partial charge in [0.25, 0.3) is 0 Å². The topological polar surface area (TPSA) is 59.2 Å². The second kappa shape index (κ2) is 5.01. The first-order valence-electron chi connectivity index (χ1n) is 5.59. The van der Waals surface area contributed by atoms with E-state index < -0.39 is 11.9 Å². The SMILES string of the molecule is OC(c1cnc(Cl)nc1Cl)c1cc(F)cc2ccoc12. The van der Waals surface area contributed by atoms with Crippen molar-refractivity contribution in [2.75, 3.05) is 0 Å². The fourth-order valence-corrected chi connectivity index (χ4v) is 2.39. The highest BCUT2D eigenvalue weighted by Gasteiger charge is 2.21. The van der Waals surface area contributed by atoms with Gasteiger partial charge in [0.05, 0.1) is 6.26 Å². The Morgan fingerprint density at radius 3 is 2.80 bits per heavy atom. The number of benzene rings is 1. The molecule has 102 valence electrons. The predicted molar refractivity (Wildman–Crippen MR) is 72.3 cm³/mol. The summed E-state index contributed by atoms with van der Waals surface area (Å²) in [7, 11) is 0. The molecule has 4 nitrogen and oxygen atoms in total. The summed E-state index contributed by atoms with van der Waals surface area (Å²) in [6.45, 7) is 0. The maximum Gasteiger partial charge on any atom is 0.223 e. The zero-order chi connectivity index (χ0) is 14.3. The highest BCUT2D eigenvalue weighted by Crippen LogP contribution is 2.33. The number of nitrogens with zero attached hydrogens (tertiary/aromatic N) is 2. The Morgan fingerprint density at radius 1 is 1.25 bits per heavy atom. The Labute approximate surface area is 122 Å². The van der Waals surface area contributed by atoms with Crippen molar-refractivity contribution in [3.05, 3.63) is 58.0 Å². The van der Waals surface area contributed by atoms with Crippen molar-refractivity contribution in [2.45, 2.75) is 6.10 Å². The molecule has 1 atom stereocenters. The Kier molecular flexibility index (Phi) is 3.33. The Morgan fingerprint density at radius 2 is 2.05 bits per heavy atom. The largest absolute Gasteiger partial charge is 0.464 e. The molecule has 0 aliphatic heterocycles. The molecule has 0 saturated heterocycles. The van der Waals surface area contributed by atoms with E-state index in [2.05, 4.69) is 9.97 Å². The second-order valence-electron chi connectivity index (χ2n) is 4.12. The number of hydrogen-bond donors (Lipinski definition) is 1. The van der Waals surface area contributed by atoms with E-state index in [1.54, 1.807) is 6.07 Å². The molecule has 7 heteroatoms. The Bertz CT molecular complexity index is 791. The highest BCUT2D eigenvalue weighted by molar-refractivity contribution is 6.32. The maximum atomic E-state index is 13.6. The van der Waals surface area contributed by atoms with Crippen LogP contribution in [0.15, 0.2) is 35.1 Å². The number of halogens is 3. The summed E-state index contributed by atoms with van der Waals surface area (Å²) >= 11 is 11.5. The van der Waals surface area contributed by atoms with Crippen molar-refractivity contribution in [1.29, 1.82) is 0 Å². The fraction of sp³-hybridized carbons (Fsp3) is 0.0769. The van der Waals surface area contributed by atoms with Gasteiger partial charge in [0.1, 0.15) is 22.7 Å². The summed E-state index contributed by atoms with van der Waals surface area (Å²) in [4.78, 5) is 7.51. The molecule has 0 radical (unpaired) electrons. The van der Waals surface area contributed by atoms with E-state index >= 15 is 0 Å². The molecule has 3 rings (SSSR count). The fourth-order valence-electron chi connectivity index (χ4n) is 1.98. The van der Waals surface area contributed by atoms with Crippen LogP contribution in [-0.4, -0.2) is 15.1 Å². The van der Waals surface area contributed by atoms with Crippen molar-refractivity contribution in [3.63, 3.8) is 0 Å². The third-order valence-electron chi connectivity index (χ3n) is 2.87. The number of aliphatic hydroxyl groups is 1. The first-order chi connectivity index (χ1) is 9.56. The summed E-state index contributed by atoms with van der Waals surface area (Å²) in [5.74, 6) is -0.487. The van der Waals surface area contributed by atoms with Gasteiger partial charge in [0, 0.05) is 22.7 Å². The van der Waals surface area contributed by atoms with Crippen molar-refractivity contribution in [2.24, 2.45) is 0 Å². The standard InChI is InChI=1S/C13H7Cl2FN2O2/c14-12-9(5-17-13(15)18-12)10(19)8-4-7(16)3-6-1-2-20-11(6)8/h1-5,10,19H. The number of aromatic nitrogens is 2. The van der Waals surface area contributed by atoms with Crippen LogP contribution in [0.25, 0.3) is 11.0 Å². The van der Waals surface area contributed by atoms with Crippen molar-refractivity contribution in [3.8, 4) is 0 Å². The van der Waals surface area contributed by atoms with Gasteiger partial charge in [-0.25, -0.2) is 14.4 Å². The molecule has 0 saturated carbocycles. The highest BCUT2D eigenvalue weighted by atomic mass is 35.5. The zero-order valence-electron chi connectivity index (χ0n) is 9.85. The minimum Gasteiger partial charge on any atom is -0.464 e. The third kappa shape index (κ3) is 2.24. The molecular weight excluding hydrogens is 306 g/mol. The molecule has 1 unspecified atom stereocenters. The molecule has 2 aromatic heterocycles. The van der Waals surface area contributed by atoms with Gasteiger partial charge in [-0.05, 0) is 29.8 Å². The minimum atomic E-state index is -1.22. The lowest BCUT2D eigenvalue weighted by Gasteiger charge is -2.12. The molecule has 0 bridgehead atoms. The van der Waals surface area contributed by atoms with Crippen LogP contribution >= 0.6 is 23.2 Å². The molecule has 1 aromatic carbocycles. The quantitative estimate of drug-likeness (QED) is 0.578. The van der Waals surface area contributed by atoms with Crippen LogP contribution in [0.2, 0.25) is 10.4 Å². The first kappa shape index (κ1) is 13.3. The number of fused-ring (bicyclic) bond motifs is 1. The molecule has 2 heterocycles. The van der Waals surface area contributed by atoms with E-state index in [0.717, 1.165) is 0 Å². The van der Waals surface area contributed by atoms with Gasteiger partial charge in [-0.1, -0.05) is 11.6 Å². The lowest BCUT2D eigenvalue weighted by molar-refractivity contribution is 0.219. The third-order valence-corrected chi connectivity index (χ3v) is 3.36.